The van der Waals surface area contributed by atoms with Crippen LogP contribution in [0.5, 0.6) is 0 Å². The van der Waals surface area contributed by atoms with E-state index in [2.05, 4.69) is 21.2 Å². The van der Waals surface area contributed by atoms with E-state index in [1.165, 1.54) is 0 Å². The summed E-state index contributed by atoms with van der Waals surface area (Å²) in [5, 5.41) is 3.17. The molecule has 1 N–H and O–H groups in total. The fourth-order valence-electron chi connectivity index (χ4n) is 0.791. The highest BCUT2D eigenvalue weighted by molar-refractivity contribution is 9.09. The molecule has 0 unspecified atom stereocenters. The molecule has 13 heavy (non-hydrogen) atoms. The smallest absolute Gasteiger partial charge is 0.223 e. The number of hydrogen-bond donors (Lipinski definition) is 1. The predicted octanol–water partition coefficient (Wildman–Crippen LogP) is 0.366. The van der Waals surface area contributed by atoms with Crippen LogP contribution in [0.25, 0.3) is 0 Å². The van der Waals surface area contributed by atoms with Gasteiger partial charge in [-0.2, -0.15) is 0 Å². The van der Waals surface area contributed by atoms with Gasteiger partial charge in [0.15, 0.2) is 0 Å². The van der Waals surface area contributed by atoms with Crippen LogP contribution in [0.2, 0.25) is 0 Å². The summed E-state index contributed by atoms with van der Waals surface area (Å²) in [6.07, 6.45) is 0.839. The van der Waals surface area contributed by atoms with Gasteiger partial charge < -0.3 is 10.2 Å². The SMILES string of the molecule is CNC(=O)CCN(C)C(=O)CCBr. The number of carbonyl (C=O) groups is 2. The van der Waals surface area contributed by atoms with E-state index in [1.807, 2.05) is 0 Å². The molecule has 0 aliphatic heterocycles. The number of nitrogens with zero attached hydrogens (tertiary/aromatic N) is 1. The van der Waals surface area contributed by atoms with E-state index in [-0.39, 0.29) is 11.8 Å². The van der Waals surface area contributed by atoms with E-state index < -0.39 is 0 Å². The van der Waals surface area contributed by atoms with Crippen LogP contribution < -0.4 is 5.32 Å². The summed E-state index contributed by atoms with van der Waals surface area (Å²) in [6, 6.07) is 0. The highest BCUT2D eigenvalue weighted by Crippen LogP contribution is 1.95. The number of rotatable bonds is 5. The lowest BCUT2D eigenvalue weighted by atomic mass is 10.3. The van der Waals surface area contributed by atoms with Gasteiger partial charge in [0, 0.05) is 38.8 Å². The third-order valence-corrected chi connectivity index (χ3v) is 2.08. The van der Waals surface area contributed by atoms with Gasteiger partial charge in [-0.15, -0.1) is 0 Å². The molecule has 0 spiro atoms. The number of carbonyl (C=O) groups excluding carboxylic acids is 2. The van der Waals surface area contributed by atoms with Crippen LogP contribution in [0, 0.1) is 0 Å². The topological polar surface area (TPSA) is 49.4 Å². The van der Waals surface area contributed by atoms with E-state index in [9.17, 15) is 9.59 Å². The lowest BCUT2D eigenvalue weighted by molar-refractivity contribution is -0.130. The van der Waals surface area contributed by atoms with E-state index in [0.29, 0.717) is 24.7 Å². The molecule has 0 radical (unpaired) electrons. The Balaban J connectivity index is 3.67. The molecule has 0 aromatic heterocycles. The first-order chi connectivity index (χ1) is 6.11. The average Bonchev–Trinajstić information content (AvgIpc) is 2.13. The van der Waals surface area contributed by atoms with Crippen LogP contribution in [0.1, 0.15) is 12.8 Å². The number of amides is 2. The normalized spacial score (nSPS) is 9.46. The quantitative estimate of drug-likeness (QED) is 0.717. The van der Waals surface area contributed by atoms with Crippen LogP contribution in [-0.4, -0.2) is 42.7 Å². The summed E-state index contributed by atoms with van der Waals surface area (Å²) in [5.41, 5.74) is 0. The van der Waals surface area contributed by atoms with Crippen molar-refractivity contribution in [2.75, 3.05) is 26.0 Å². The minimum atomic E-state index is -0.0431. The summed E-state index contributed by atoms with van der Waals surface area (Å²) in [7, 11) is 3.29. The summed E-state index contributed by atoms with van der Waals surface area (Å²) in [5.74, 6) is 0.0132. The van der Waals surface area contributed by atoms with Gasteiger partial charge in [-0.05, 0) is 0 Å². The monoisotopic (exact) mass is 250 g/mol. The second kappa shape index (κ2) is 6.88. The largest absolute Gasteiger partial charge is 0.359 e. The second-order valence-corrected chi connectivity index (χ2v) is 3.47. The van der Waals surface area contributed by atoms with Crippen LogP contribution in [-0.2, 0) is 9.59 Å². The molecule has 0 saturated heterocycles. The molecule has 0 heterocycles. The Bertz CT molecular complexity index is 185. The number of nitrogens with one attached hydrogen (secondary N) is 1. The van der Waals surface area contributed by atoms with Gasteiger partial charge in [0.1, 0.15) is 0 Å². The van der Waals surface area contributed by atoms with Crippen molar-refractivity contribution in [1.29, 1.82) is 0 Å². The first-order valence-electron chi connectivity index (χ1n) is 4.12. The Morgan fingerprint density at radius 1 is 1.38 bits per heavy atom. The van der Waals surface area contributed by atoms with Gasteiger partial charge in [-0.3, -0.25) is 9.59 Å². The molecule has 0 saturated carbocycles. The molecule has 0 aliphatic carbocycles. The molecule has 0 aromatic rings. The summed E-state index contributed by atoms with van der Waals surface area (Å²) < 4.78 is 0. The summed E-state index contributed by atoms with van der Waals surface area (Å²) >= 11 is 3.19. The lowest BCUT2D eigenvalue weighted by Crippen LogP contribution is -2.31. The van der Waals surface area contributed by atoms with Crippen molar-refractivity contribution >= 4 is 27.7 Å². The minimum Gasteiger partial charge on any atom is -0.359 e. The highest BCUT2D eigenvalue weighted by atomic mass is 79.9. The van der Waals surface area contributed by atoms with Crippen molar-refractivity contribution in [3.05, 3.63) is 0 Å². The van der Waals surface area contributed by atoms with Crippen molar-refractivity contribution in [1.82, 2.24) is 10.2 Å². The van der Waals surface area contributed by atoms with Gasteiger partial charge in [-0.25, -0.2) is 0 Å². The molecule has 0 fully saturated rings. The molecule has 4 nitrogen and oxygen atoms in total. The Kier molecular flexibility index (Phi) is 6.58. The average molecular weight is 251 g/mol. The van der Waals surface area contributed by atoms with Crippen LogP contribution in [0.3, 0.4) is 0 Å². The molecule has 5 heteroatoms. The van der Waals surface area contributed by atoms with Crippen molar-refractivity contribution in [3.63, 3.8) is 0 Å². The highest BCUT2D eigenvalue weighted by Gasteiger charge is 2.08. The molecule has 0 aliphatic rings. The molecule has 0 aromatic carbocycles. The standard InChI is InChI=1S/C8H15BrN2O2/c1-10-7(12)4-6-11(2)8(13)3-5-9/h3-6H2,1-2H3,(H,10,12). The molecule has 0 atom stereocenters. The van der Waals surface area contributed by atoms with Crippen molar-refractivity contribution in [2.24, 2.45) is 0 Å². The maximum atomic E-state index is 11.2. The zero-order chi connectivity index (χ0) is 10.3. The van der Waals surface area contributed by atoms with Gasteiger partial charge in [0.05, 0.1) is 0 Å². The lowest BCUT2D eigenvalue weighted by Gasteiger charge is -2.15. The Hall–Kier alpha value is -0.580. The Morgan fingerprint density at radius 2 is 2.00 bits per heavy atom. The molecule has 0 rings (SSSR count). The third kappa shape index (κ3) is 5.63. The minimum absolute atomic E-state index is 0.0431. The van der Waals surface area contributed by atoms with E-state index in [0.717, 1.165) is 0 Å². The van der Waals surface area contributed by atoms with Crippen molar-refractivity contribution in [2.45, 2.75) is 12.8 Å². The molecular formula is C8H15BrN2O2. The van der Waals surface area contributed by atoms with Crippen molar-refractivity contribution < 1.29 is 9.59 Å². The third-order valence-electron chi connectivity index (χ3n) is 1.69. The Morgan fingerprint density at radius 3 is 2.46 bits per heavy atom. The number of halogens is 1. The predicted molar refractivity (Wildman–Crippen MR) is 54.7 cm³/mol. The number of alkyl halides is 1. The maximum absolute atomic E-state index is 11.2. The van der Waals surface area contributed by atoms with E-state index in [4.69, 9.17) is 0 Å². The molecule has 0 bridgehead atoms. The maximum Gasteiger partial charge on any atom is 0.223 e. The zero-order valence-electron chi connectivity index (χ0n) is 7.97. The van der Waals surface area contributed by atoms with Crippen LogP contribution in [0.15, 0.2) is 0 Å². The van der Waals surface area contributed by atoms with Gasteiger partial charge in [0.2, 0.25) is 11.8 Å². The van der Waals surface area contributed by atoms with Crippen LogP contribution in [0.4, 0.5) is 0 Å². The summed E-state index contributed by atoms with van der Waals surface area (Å²) in [4.78, 5) is 23.6. The van der Waals surface area contributed by atoms with Gasteiger partial charge in [-0.1, -0.05) is 15.9 Å². The van der Waals surface area contributed by atoms with E-state index >= 15 is 0 Å². The Labute approximate surface area is 86.8 Å². The fourth-order valence-corrected chi connectivity index (χ4v) is 1.13. The van der Waals surface area contributed by atoms with Crippen LogP contribution >= 0.6 is 15.9 Å². The fraction of sp³-hybridized carbons (Fsp3) is 0.750. The van der Waals surface area contributed by atoms with Gasteiger partial charge in [0.25, 0.3) is 0 Å². The first-order valence-corrected chi connectivity index (χ1v) is 5.24. The molecular weight excluding hydrogens is 236 g/mol. The van der Waals surface area contributed by atoms with Gasteiger partial charge >= 0.3 is 0 Å². The second-order valence-electron chi connectivity index (χ2n) is 2.68. The molecule has 2 amide bonds. The molecule has 76 valence electrons. The zero-order valence-corrected chi connectivity index (χ0v) is 9.56. The number of hydrogen-bond acceptors (Lipinski definition) is 2. The van der Waals surface area contributed by atoms with E-state index in [1.54, 1.807) is 19.0 Å². The van der Waals surface area contributed by atoms with Crippen molar-refractivity contribution in [3.8, 4) is 0 Å². The summed E-state index contributed by atoms with van der Waals surface area (Å²) in [6.45, 7) is 0.478. The first kappa shape index (κ1) is 12.4.